The van der Waals surface area contributed by atoms with Crippen LogP contribution in [0.15, 0.2) is 15.2 Å². The molecule has 0 N–H and O–H groups in total. The van der Waals surface area contributed by atoms with Crippen LogP contribution in [0.1, 0.15) is 5.76 Å². The number of halogens is 1. The molecule has 2 heterocycles. The topological polar surface area (TPSA) is 32.5 Å². The zero-order valence-corrected chi connectivity index (χ0v) is 9.99. The second-order valence-electron chi connectivity index (χ2n) is 3.93. The van der Waals surface area contributed by atoms with Gasteiger partial charge in [0, 0.05) is 25.2 Å². The third-order valence-corrected chi connectivity index (χ3v) is 2.95. The van der Waals surface area contributed by atoms with Crippen molar-refractivity contribution in [2.24, 2.45) is 0 Å². The van der Waals surface area contributed by atoms with Gasteiger partial charge in [-0.25, -0.2) is 0 Å². The van der Waals surface area contributed by atoms with Gasteiger partial charge in [0.05, 0.1) is 6.54 Å². The highest BCUT2D eigenvalue weighted by Crippen LogP contribution is 2.17. The monoisotopic (exact) mass is 259 g/mol. The van der Waals surface area contributed by atoms with E-state index in [1.54, 1.807) is 0 Å². The summed E-state index contributed by atoms with van der Waals surface area (Å²) in [4.78, 5) is 4.60. The molecule has 0 aliphatic carbocycles. The lowest BCUT2D eigenvalue weighted by atomic mass is 10.1. The molecule has 0 spiro atoms. The van der Waals surface area contributed by atoms with Crippen molar-refractivity contribution in [2.75, 3.05) is 27.2 Å². The van der Waals surface area contributed by atoms with E-state index in [2.05, 4.69) is 45.0 Å². The molecule has 1 fully saturated rings. The zero-order chi connectivity index (χ0) is 10.1. The van der Waals surface area contributed by atoms with Crippen molar-refractivity contribution in [1.29, 1.82) is 0 Å². The van der Waals surface area contributed by atoms with Gasteiger partial charge in [-0.1, -0.05) is 5.16 Å². The van der Waals surface area contributed by atoms with E-state index < -0.39 is 0 Å². The summed E-state index contributed by atoms with van der Waals surface area (Å²) < 4.78 is 5.89. The van der Waals surface area contributed by atoms with E-state index in [1.807, 2.05) is 6.07 Å². The summed E-state index contributed by atoms with van der Waals surface area (Å²) in [6.45, 7) is 3.10. The average Bonchev–Trinajstić information content (AvgIpc) is 2.42. The highest BCUT2D eigenvalue weighted by Gasteiger charge is 2.28. The predicted octanol–water partition coefficient (Wildman–Crippen LogP) is 1.18. The Balaban J connectivity index is 1.79. The van der Waals surface area contributed by atoms with Gasteiger partial charge in [-0.2, -0.15) is 0 Å². The third kappa shape index (κ3) is 2.16. The first-order chi connectivity index (χ1) is 6.65. The number of hydrogen-bond donors (Lipinski definition) is 0. The van der Waals surface area contributed by atoms with Crippen molar-refractivity contribution in [3.63, 3.8) is 0 Å². The fourth-order valence-electron chi connectivity index (χ4n) is 1.58. The molecule has 78 valence electrons. The van der Waals surface area contributed by atoms with E-state index in [0.29, 0.717) is 6.04 Å². The molecule has 0 radical (unpaired) electrons. The standard InChI is InChI=1S/C9H14BrN3O/c1-12(2)7-4-13(5-7)6-8-3-9(10)11-14-8/h3,7H,4-6H2,1-2H3. The van der Waals surface area contributed by atoms with Gasteiger partial charge in [0.2, 0.25) is 0 Å². The third-order valence-electron chi connectivity index (χ3n) is 2.58. The highest BCUT2D eigenvalue weighted by atomic mass is 79.9. The van der Waals surface area contributed by atoms with Gasteiger partial charge in [0.15, 0.2) is 5.76 Å². The summed E-state index contributed by atoms with van der Waals surface area (Å²) in [6, 6.07) is 2.62. The van der Waals surface area contributed by atoms with Crippen LogP contribution in [0.3, 0.4) is 0 Å². The minimum atomic E-state index is 0.696. The largest absolute Gasteiger partial charge is 0.359 e. The second-order valence-corrected chi connectivity index (χ2v) is 4.74. The molecule has 1 aliphatic heterocycles. The Morgan fingerprint density at radius 3 is 2.86 bits per heavy atom. The Bertz CT molecular complexity index is 307. The quantitative estimate of drug-likeness (QED) is 0.817. The van der Waals surface area contributed by atoms with E-state index in [-0.39, 0.29) is 0 Å². The van der Waals surface area contributed by atoms with Crippen LogP contribution in [0.25, 0.3) is 0 Å². The maximum Gasteiger partial charge on any atom is 0.151 e. The van der Waals surface area contributed by atoms with Crippen LogP contribution in [0.4, 0.5) is 0 Å². The van der Waals surface area contributed by atoms with Crippen molar-refractivity contribution < 1.29 is 4.52 Å². The normalized spacial score (nSPS) is 18.9. The van der Waals surface area contributed by atoms with Gasteiger partial charge in [-0.05, 0) is 30.0 Å². The summed E-state index contributed by atoms with van der Waals surface area (Å²) >= 11 is 3.27. The molecule has 1 aromatic rings. The van der Waals surface area contributed by atoms with Gasteiger partial charge in [0.1, 0.15) is 4.60 Å². The molecular weight excluding hydrogens is 246 g/mol. The maximum atomic E-state index is 5.11. The molecule has 0 aromatic carbocycles. The first-order valence-electron chi connectivity index (χ1n) is 4.65. The van der Waals surface area contributed by atoms with Gasteiger partial charge in [0.25, 0.3) is 0 Å². The Kier molecular flexibility index (Phi) is 2.90. The molecule has 0 amide bonds. The lowest BCUT2D eigenvalue weighted by Crippen LogP contribution is -2.56. The number of aromatic nitrogens is 1. The highest BCUT2D eigenvalue weighted by molar-refractivity contribution is 9.10. The lowest BCUT2D eigenvalue weighted by Gasteiger charge is -2.42. The lowest BCUT2D eigenvalue weighted by molar-refractivity contribution is 0.0503. The molecule has 0 atom stereocenters. The van der Waals surface area contributed by atoms with Crippen molar-refractivity contribution in [3.05, 3.63) is 16.4 Å². The Morgan fingerprint density at radius 2 is 2.36 bits per heavy atom. The predicted molar refractivity (Wildman–Crippen MR) is 57.0 cm³/mol. The fourth-order valence-corrected chi connectivity index (χ4v) is 1.91. The first-order valence-corrected chi connectivity index (χ1v) is 5.44. The summed E-state index contributed by atoms with van der Waals surface area (Å²) in [5, 5.41) is 3.79. The summed E-state index contributed by atoms with van der Waals surface area (Å²) in [6.07, 6.45) is 0. The summed E-state index contributed by atoms with van der Waals surface area (Å²) in [5.41, 5.74) is 0. The van der Waals surface area contributed by atoms with Gasteiger partial charge in [-0.15, -0.1) is 0 Å². The van der Waals surface area contributed by atoms with Crippen LogP contribution in [-0.4, -0.2) is 48.2 Å². The van der Waals surface area contributed by atoms with E-state index in [1.165, 1.54) is 0 Å². The van der Waals surface area contributed by atoms with E-state index in [0.717, 1.165) is 30.0 Å². The average molecular weight is 260 g/mol. The molecule has 5 heteroatoms. The number of likely N-dealkylation sites (tertiary alicyclic amines) is 1. The Hall–Kier alpha value is -0.390. The SMILES string of the molecule is CN(C)C1CN(Cc2cc(Br)no2)C1. The molecule has 0 unspecified atom stereocenters. The minimum Gasteiger partial charge on any atom is -0.359 e. The van der Waals surface area contributed by atoms with Crippen molar-refractivity contribution in [2.45, 2.75) is 12.6 Å². The molecular formula is C9H14BrN3O. The van der Waals surface area contributed by atoms with E-state index in [9.17, 15) is 0 Å². The van der Waals surface area contributed by atoms with Crippen LogP contribution >= 0.6 is 15.9 Å². The molecule has 1 saturated heterocycles. The van der Waals surface area contributed by atoms with Crippen LogP contribution < -0.4 is 0 Å². The van der Waals surface area contributed by atoms with Gasteiger partial charge >= 0.3 is 0 Å². The number of hydrogen-bond acceptors (Lipinski definition) is 4. The number of likely N-dealkylation sites (N-methyl/N-ethyl adjacent to an activating group) is 1. The molecule has 2 rings (SSSR count). The molecule has 4 nitrogen and oxygen atoms in total. The Labute approximate surface area is 92.0 Å². The minimum absolute atomic E-state index is 0.696. The zero-order valence-electron chi connectivity index (χ0n) is 8.40. The maximum absolute atomic E-state index is 5.11. The molecule has 1 aromatic heterocycles. The second kappa shape index (κ2) is 4.00. The van der Waals surface area contributed by atoms with Crippen molar-refractivity contribution in [3.8, 4) is 0 Å². The Morgan fingerprint density at radius 1 is 1.64 bits per heavy atom. The number of rotatable bonds is 3. The van der Waals surface area contributed by atoms with Gasteiger partial charge in [-0.3, -0.25) is 4.90 Å². The van der Waals surface area contributed by atoms with Crippen molar-refractivity contribution in [1.82, 2.24) is 15.0 Å². The first kappa shape index (κ1) is 10.1. The molecule has 0 bridgehead atoms. The smallest absolute Gasteiger partial charge is 0.151 e. The van der Waals surface area contributed by atoms with Crippen LogP contribution in [0.5, 0.6) is 0 Å². The van der Waals surface area contributed by atoms with Crippen LogP contribution in [-0.2, 0) is 6.54 Å². The van der Waals surface area contributed by atoms with E-state index in [4.69, 9.17) is 4.52 Å². The van der Waals surface area contributed by atoms with Gasteiger partial charge < -0.3 is 9.42 Å². The molecule has 14 heavy (non-hydrogen) atoms. The summed E-state index contributed by atoms with van der Waals surface area (Å²) in [5.74, 6) is 0.925. The summed E-state index contributed by atoms with van der Waals surface area (Å²) in [7, 11) is 4.24. The van der Waals surface area contributed by atoms with Crippen LogP contribution in [0, 0.1) is 0 Å². The van der Waals surface area contributed by atoms with E-state index >= 15 is 0 Å². The van der Waals surface area contributed by atoms with Crippen LogP contribution in [0.2, 0.25) is 0 Å². The molecule has 0 saturated carbocycles. The fraction of sp³-hybridized carbons (Fsp3) is 0.667. The van der Waals surface area contributed by atoms with Crippen molar-refractivity contribution >= 4 is 15.9 Å². The molecule has 1 aliphatic rings. The number of nitrogens with zero attached hydrogens (tertiary/aromatic N) is 3.